The van der Waals surface area contributed by atoms with Gasteiger partial charge in [0, 0.05) is 31.4 Å². The van der Waals surface area contributed by atoms with Crippen molar-refractivity contribution in [3.8, 4) is 0 Å². The number of phosphoric acid groups is 1. The number of H-pyrrole nitrogens is 1. The Morgan fingerprint density at radius 3 is 1.62 bits per heavy atom. The minimum absolute atomic E-state index is 0. The lowest BCUT2D eigenvalue weighted by atomic mass is 10.0. The molecular weight excluding hydrogens is 1150 g/mol. The van der Waals surface area contributed by atoms with Crippen LogP contribution in [-0.4, -0.2) is 101 Å². The molecule has 2 aromatic heterocycles. The summed E-state index contributed by atoms with van der Waals surface area (Å²) in [5, 5.41) is 19.0. The number of benzene rings is 1. The van der Waals surface area contributed by atoms with Gasteiger partial charge in [0.15, 0.2) is 17.3 Å². The summed E-state index contributed by atoms with van der Waals surface area (Å²) in [7, 11) is -5.01. The molecule has 0 saturated heterocycles. The predicted molar refractivity (Wildman–Crippen MR) is 339 cm³/mol. The monoisotopic (exact) mass is 1260 g/mol. The highest BCUT2D eigenvalue weighted by atomic mass is 31.2. The highest BCUT2D eigenvalue weighted by Crippen LogP contribution is 2.38. The number of hydrogen-bond acceptors (Lipinski definition) is 17. The number of carbonyl (C=O) groups is 6. The molecule has 12 N–H and O–H groups in total. The number of hydrogen-bond donors (Lipinski definition) is 6. The number of nitrogens with one attached hydrogen (secondary N) is 4. The average Bonchev–Trinajstić information content (AvgIpc) is 3.66. The topological polar surface area (TPSA) is 383 Å². The summed E-state index contributed by atoms with van der Waals surface area (Å²) in [6, 6.07) is 4.87. The summed E-state index contributed by atoms with van der Waals surface area (Å²) in [4.78, 5) is 116. The van der Waals surface area contributed by atoms with Crippen molar-refractivity contribution in [2.45, 2.75) is 264 Å². The van der Waals surface area contributed by atoms with Gasteiger partial charge in [-0.2, -0.15) is 0 Å². The van der Waals surface area contributed by atoms with Crippen molar-refractivity contribution < 1.29 is 61.9 Å². The van der Waals surface area contributed by atoms with Gasteiger partial charge in [-0.15, -0.1) is 0 Å². The molecule has 500 valence electrons. The standard InChI is InChI=1S/C64H104N7O14P.2H3N/c1-4-6-8-10-12-14-16-18-20-22-24-26-28-30-32-34-58(74)82-48-54(85-59(75)35-33-31-29-27-25-23-21-19-17-15-13-11-9-7-5-2)49-84-86(80,81)83-45-44-65-57(73)47-66-56(72)43-42-55(64(78)79)71-62(76)52-39-36-51(37-40-52)38-41-53-46-67-61-60(70-53)63(77)69-50(3)68-61;;/h36-37,39-40,46,54-55H,4-35,38,41-45,47-49H2,1-3H3,(H,65,73)(H,66,72)(H,71,76)(H,78,79)(H,80,81)(H,67,68,69,77);2*1H3/t54-,55+;;/m1../s1. The van der Waals surface area contributed by atoms with Crippen LogP contribution in [0.5, 0.6) is 0 Å². The Labute approximate surface area is 523 Å². The third-order valence-corrected chi connectivity index (χ3v) is 15.9. The number of amides is 3. The predicted octanol–water partition coefficient (Wildman–Crippen LogP) is 10.9. The quantitative estimate of drug-likeness (QED) is 0.0174. The van der Waals surface area contributed by atoms with E-state index in [-0.39, 0.29) is 60.4 Å². The van der Waals surface area contributed by atoms with Crippen LogP contribution < -0.4 is 43.8 Å². The van der Waals surface area contributed by atoms with Crippen LogP contribution in [0.3, 0.4) is 0 Å². The Bertz CT molecular complexity index is 2520. The Balaban J connectivity index is 0.0000194. The number of rotatable bonds is 53. The summed E-state index contributed by atoms with van der Waals surface area (Å²) in [6.07, 6.45) is 36.4. The number of fused-ring (bicyclic) bond motifs is 1. The molecule has 0 aliphatic rings. The van der Waals surface area contributed by atoms with E-state index in [1.807, 2.05) is 0 Å². The molecule has 0 aliphatic carbocycles. The molecule has 3 amide bonds. The third-order valence-electron chi connectivity index (χ3n) is 15.0. The lowest BCUT2D eigenvalue weighted by Crippen LogP contribution is -2.48. The fourth-order valence-corrected chi connectivity index (χ4v) is 10.6. The van der Waals surface area contributed by atoms with E-state index >= 15 is 0 Å². The van der Waals surface area contributed by atoms with Gasteiger partial charge in [0.25, 0.3) is 19.3 Å². The molecule has 2 heterocycles. The minimum Gasteiger partial charge on any atom is -0.756 e. The SMILES string of the molecule is CCCCCCCCCCCCCCCCCC(=O)OC[C@H](COP(=O)([O-])OCCNC(=O)CNC(=O)CC[C@H](NC(=O)c1ccc(CCc2cnc3nc(C)[nH]c(=O)c3n2)cc1)C(=O)[O-])OC(=O)CCCCCCCCCCCCCCCCC.[NH4+].[NH4+]. The van der Waals surface area contributed by atoms with E-state index in [9.17, 15) is 48.1 Å². The van der Waals surface area contributed by atoms with Crippen molar-refractivity contribution in [2.75, 3.05) is 32.9 Å². The number of carboxylic acids is 1. The second kappa shape index (κ2) is 50.1. The van der Waals surface area contributed by atoms with Crippen molar-refractivity contribution in [3.63, 3.8) is 0 Å². The number of nitrogens with zero attached hydrogens (tertiary/aromatic N) is 3. The number of unbranched alkanes of at least 4 members (excludes halogenated alkanes) is 28. The first kappa shape index (κ1) is 80.3. The van der Waals surface area contributed by atoms with E-state index in [0.717, 1.165) is 50.5 Å². The number of carboxylic acid groups (broad SMARTS) is 1. The summed E-state index contributed by atoms with van der Waals surface area (Å²) in [5.74, 6) is -4.37. The van der Waals surface area contributed by atoms with Gasteiger partial charge in [-0.1, -0.05) is 206 Å². The van der Waals surface area contributed by atoms with E-state index in [2.05, 4.69) is 49.7 Å². The molecule has 0 spiro atoms. The van der Waals surface area contributed by atoms with Crippen molar-refractivity contribution >= 4 is 54.6 Å². The molecule has 0 saturated carbocycles. The van der Waals surface area contributed by atoms with Gasteiger partial charge in [0.05, 0.1) is 43.7 Å². The fraction of sp³-hybridized carbons (Fsp3) is 0.719. The fourth-order valence-electron chi connectivity index (χ4n) is 9.84. The number of aromatic amines is 1. The summed E-state index contributed by atoms with van der Waals surface area (Å²) >= 11 is 0. The van der Waals surface area contributed by atoms with E-state index in [0.29, 0.717) is 37.2 Å². The van der Waals surface area contributed by atoms with Gasteiger partial charge in [0.2, 0.25) is 11.8 Å². The van der Waals surface area contributed by atoms with Gasteiger partial charge in [-0.25, -0.2) is 15.0 Å². The van der Waals surface area contributed by atoms with Crippen LogP contribution in [0.25, 0.3) is 11.2 Å². The maximum atomic E-state index is 12.9. The van der Waals surface area contributed by atoms with Gasteiger partial charge in [0.1, 0.15) is 12.4 Å². The lowest BCUT2D eigenvalue weighted by molar-refractivity contribution is -0.308. The molecule has 1 unspecified atom stereocenters. The molecule has 0 fully saturated rings. The Morgan fingerprint density at radius 1 is 0.614 bits per heavy atom. The normalized spacial score (nSPS) is 12.5. The number of phosphoric ester groups is 1. The molecule has 3 rings (SSSR count). The molecule has 88 heavy (non-hydrogen) atoms. The molecule has 1 aromatic carbocycles. The van der Waals surface area contributed by atoms with Crippen LogP contribution in [0.15, 0.2) is 35.3 Å². The van der Waals surface area contributed by atoms with E-state index < -0.39 is 88.4 Å². The van der Waals surface area contributed by atoms with Gasteiger partial charge in [-0.05, 0) is 56.7 Å². The van der Waals surface area contributed by atoms with Crippen molar-refractivity contribution in [1.29, 1.82) is 0 Å². The first-order chi connectivity index (χ1) is 41.6. The smallest absolute Gasteiger partial charge is 0.306 e. The summed E-state index contributed by atoms with van der Waals surface area (Å²) in [5.41, 5.74) is 1.56. The number of carbonyl (C=O) groups excluding carboxylic acids is 6. The molecule has 0 aliphatic heterocycles. The largest absolute Gasteiger partial charge is 0.756 e. The number of esters is 2. The van der Waals surface area contributed by atoms with Gasteiger partial charge >= 0.3 is 11.9 Å². The Morgan fingerprint density at radius 2 is 1.11 bits per heavy atom. The van der Waals surface area contributed by atoms with Crippen LogP contribution in [0, 0.1) is 6.92 Å². The Kier molecular flexibility index (Phi) is 45.7. The maximum Gasteiger partial charge on any atom is 0.306 e. The first-order valence-electron chi connectivity index (χ1n) is 32.4. The lowest BCUT2D eigenvalue weighted by Gasteiger charge is -2.25. The van der Waals surface area contributed by atoms with Crippen LogP contribution >= 0.6 is 7.82 Å². The molecular formula is C64H110N9O14P. The second-order valence-corrected chi connectivity index (χ2v) is 24.1. The van der Waals surface area contributed by atoms with E-state index in [1.165, 1.54) is 147 Å². The van der Waals surface area contributed by atoms with Crippen molar-refractivity contribution in [3.05, 3.63) is 63.5 Å². The molecule has 3 atom stereocenters. The maximum absolute atomic E-state index is 12.9. The molecule has 0 radical (unpaired) electrons. The van der Waals surface area contributed by atoms with Crippen LogP contribution in [0.1, 0.15) is 260 Å². The average molecular weight is 1260 g/mol. The van der Waals surface area contributed by atoms with Crippen LogP contribution in [0.2, 0.25) is 0 Å². The minimum atomic E-state index is -5.01. The first-order valence-corrected chi connectivity index (χ1v) is 33.9. The molecule has 0 bridgehead atoms. The van der Waals surface area contributed by atoms with E-state index in [1.54, 1.807) is 25.3 Å². The summed E-state index contributed by atoms with van der Waals surface area (Å²) in [6.45, 7) is 3.67. The second-order valence-electron chi connectivity index (χ2n) is 22.7. The number of aliphatic carboxylic acids is 1. The van der Waals surface area contributed by atoms with E-state index in [4.69, 9.17) is 18.5 Å². The van der Waals surface area contributed by atoms with Crippen molar-refractivity contribution in [2.24, 2.45) is 0 Å². The number of ether oxygens (including phenoxy) is 2. The zero-order valence-corrected chi connectivity index (χ0v) is 54.9. The van der Waals surface area contributed by atoms with Crippen LogP contribution in [-0.2, 0) is 59.9 Å². The zero-order valence-electron chi connectivity index (χ0n) is 54.0. The molecule has 3 aromatic rings. The molecule has 24 heteroatoms. The number of aromatic nitrogens is 4. The third kappa shape index (κ3) is 39.3. The highest BCUT2D eigenvalue weighted by molar-refractivity contribution is 7.45. The van der Waals surface area contributed by atoms with Gasteiger partial charge in [-0.3, -0.25) is 33.3 Å². The van der Waals surface area contributed by atoms with Crippen LogP contribution in [0.4, 0.5) is 0 Å². The number of aryl methyl sites for hydroxylation is 3. The Hall–Kier alpha value is -5.71. The van der Waals surface area contributed by atoms with Crippen molar-refractivity contribution in [1.82, 2.24) is 48.2 Å². The number of quaternary nitrogens is 2. The van der Waals surface area contributed by atoms with Gasteiger partial charge < -0.3 is 66.6 Å². The highest BCUT2D eigenvalue weighted by Gasteiger charge is 2.22. The molecule has 23 nitrogen and oxygen atoms in total. The zero-order chi connectivity index (χ0) is 62.5. The summed E-state index contributed by atoms with van der Waals surface area (Å²) < 4.78 is 33.7.